The molecule has 1 aliphatic carbocycles. The molecular formula is C12H15BrO2. The second-order valence-electron chi connectivity index (χ2n) is 4.07. The molecule has 2 atom stereocenters. The topological polar surface area (TPSA) is 29.5 Å². The van der Waals surface area contributed by atoms with E-state index >= 15 is 0 Å². The molecule has 0 amide bonds. The molecule has 1 aromatic carbocycles. The molecule has 82 valence electrons. The lowest BCUT2D eigenvalue weighted by Gasteiger charge is -2.29. The van der Waals surface area contributed by atoms with Gasteiger partial charge in [-0.3, -0.25) is 0 Å². The summed E-state index contributed by atoms with van der Waals surface area (Å²) in [7, 11) is 1.68. The largest absolute Gasteiger partial charge is 0.496 e. The van der Waals surface area contributed by atoms with Crippen molar-refractivity contribution in [3.63, 3.8) is 0 Å². The van der Waals surface area contributed by atoms with Crippen molar-refractivity contribution in [3.05, 3.63) is 27.7 Å². The number of methoxy groups -OCH3 is 1. The zero-order valence-electron chi connectivity index (χ0n) is 8.96. The Labute approximate surface area is 98.4 Å². The third-order valence-electron chi connectivity index (χ3n) is 3.11. The zero-order valence-corrected chi connectivity index (χ0v) is 10.5. The molecular weight excluding hydrogens is 256 g/mol. The molecule has 0 aliphatic heterocycles. The van der Waals surface area contributed by atoms with Crippen molar-refractivity contribution in [1.82, 2.24) is 0 Å². The van der Waals surface area contributed by atoms with Crippen LogP contribution in [-0.2, 0) is 0 Å². The summed E-state index contributed by atoms with van der Waals surface area (Å²) >= 11 is 3.50. The molecule has 0 saturated heterocycles. The maximum atomic E-state index is 9.99. The first kappa shape index (κ1) is 11.0. The second kappa shape index (κ2) is 4.14. The number of rotatable bonds is 1. The van der Waals surface area contributed by atoms with E-state index in [4.69, 9.17) is 4.74 Å². The van der Waals surface area contributed by atoms with Gasteiger partial charge in [-0.1, -0.05) is 22.9 Å². The van der Waals surface area contributed by atoms with E-state index in [1.807, 2.05) is 12.1 Å². The van der Waals surface area contributed by atoms with Gasteiger partial charge in [0.2, 0.25) is 0 Å². The molecule has 1 N–H and O–H groups in total. The molecule has 1 aliphatic rings. The fraction of sp³-hybridized carbons (Fsp3) is 0.500. The highest BCUT2D eigenvalue weighted by Gasteiger charge is 2.28. The predicted molar refractivity (Wildman–Crippen MR) is 63.3 cm³/mol. The summed E-state index contributed by atoms with van der Waals surface area (Å²) in [6.07, 6.45) is 1.49. The van der Waals surface area contributed by atoms with E-state index in [9.17, 15) is 5.11 Å². The van der Waals surface area contributed by atoms with Gasteiger partial charge >= 0.3 is 0 Å². The molecule has 0 heterocycles. The Morgan fingerprint density at radius 2 is 2.07 bits per heavy atom. The SMILES string of the molecule is COc1ccc(Br)c2c1C(C)CCC2O. The predicted octanol–water partition coefficient (Wildman–Crippen LogP) is 3.39. The number of fused-ring (bicyclic) bond motifs is 1. The summed E-state index contributed by atoms with van der Waals surface area (Å²) < 4.78 is 6.34. The Hall–Kier alpha value is -0.540. The molecule has 0 aromatic heterocycles. The smallest absolute Gasteiger partial charge is 0.122 e. The van der Waals surface area contributed by atoms with E-state index in [0.717, 1.165) is 34.2 Å². The fourth-order valence-corrected chi connectivity index (χ4v) is 2.92. The third-order valence-corrected chi connectivity index (χ3v) is 3.80. The van der Waals surface area contributed by atoms with Crippen LogP contribution in [-0.4, -0.2) is 12.2 Å². The minimum atomic E-state index is -0.360. The van der Waals surface area contributed by atoms with E-state index in [0.29, 0.717) is 5.92 Å². The van der Waals surface area contributed by atoms with Gasteiger partial charge in [0.1, 0.15) is 5.75 Å². The number of aliphatic hydroxyl groups excluding tert-OH is 1. The second-order valence-corrected chi connectivity index (χ2v) is 4.93. The minimum absolute atomic E-state index is 0.360. The quantitative estimate of drug-likeness (QED) is 0.848. The maximum absolute atomic E-state index is 9.99. The van der Waals surface area contributed by atoms with Crippen LogP contribution in [0.15, 0.2) is 16.6 Å². The van der Waals surface area contributed by atoms with Gasteiger partial charge in [-0.15, -0.1) is 0 Å². The van der Waals surface area contributed by atoms with Crippen LogP contribution in [0.5, 0.6) is 5.75 Å². The summed E-state index contributed by atoms with van der Waals surface area (Å²) in [4.78, 5) is 0. The van der Waals surface area contributed by atoms with Gasteiger partial charge in [0.05, 0.1) is 13.2 Å². The Balaban J connectivity index is 2.63. The average molecular weight is 271 g/mol. The molecule has 1 aromatic rings. The molecule has 0 spiro atoms. The summed E-state index contributed by atoms with van der Waals surface area (Å²) in [6, 6.07) is 3.90. The number of ether oxygens (including phenoxy) is 1. The average Bonchev–Trinajstić information content (AvgIpc) is 2.23. The summed E-state index contributed by atoms with van der Waals surface area (Å²) in [6.45, 7) is 2.18. The van der Waals surface area contributed by atoms with Gasteiger partial charge < -0.3 is 9.84 Å². The van der Waals surface area contributed by atoms with Crippen molar-refractivity contribution in [2.75, 3.05) is 7.11 Å². The van der Waals surface area contributed by atoms with Gasteiger partial charge in [-0.05, 0) is 30.9 Å². The van der Waals surface area contributed by atoms with E-state index in [1.54, 1.807) is 7.11 Å². The molecule has 0 saturated carbocycles. The lowest BCUT2D eigenvalue weighted by molar-refractivity contribution is 0.149. The van der Waals surface area contributed by atoms with Crippen LogP contribution in [0.25, 0.3) is 0 Å². The van der Waals surface area contributed by atoms with Crippen molar-refractivity contribution in [2.24, 2.45) is 0 Å². The van der Waals surface area contributed by atoms with Gasteiger partial charge in [-0.25, -0.2) is 0 Å². The molecule has 0 bridgehead atoms. The lowest BCUT2D eigenvalue weighted by Crippen LogP contribution is -2.14. The first-order valence-corrected chi connectivity index (χ1v) is 5.98. The first-order chi connectivity index (χ1) is 7.15. The Morgan fingerprint density at radius 3 is 2.73 bits per heavy atom. The molecule has 2 nitrogen and oxygen atoms in total. The van der Waals surface area contributed by atoms with Gasteiger partial charge in [0.25, 0.3) is 0 Å². The fourth-order valence-electron chi connectivity index (χ4n) is 2.31. The van der Waals surface area contributed by atoms with Crippen molar-refractivity contribution in [3.8, 4) is 5.75 Å². The molecule has 2 rings (SSSR count). The third kappa shape index (κ3) is 1.79. The number of halogens is 1. The molecule has 15 heavy (non-hydrogen) atoms. The maximum Gasteiger partial charge on any atom is 0.122 e. The number of hydrogen-bond donors (Lipinski definition) is 1. The van der Waals surface area contributed by atoms with Crippen LogP contribution in [0.4, 0.5) is 0 Å². The molecule has 2 unspecified atom stereocenters. The normalized spacial score (nSPS) is 24.8. The van der Waals surface area contributed by atoms with Crippen molar-refractivity contribution < 1.29 is 9.84 Å². The minimum Gasteiger partial charge on any atom is -0.496 e. The molecule has 0 radical (unpaired) electrons. The van der Waals surface area contributed by atoms with Crippen LogP contribution in [0, 0.1) is 0 Å². The van der Waals surface area contributed by atoms with Gasteiger partial charge in [0.15, 0.2) is 0 Å². The Kier molecular flexibility index (Phi) is 3.03. The summed E-state index contributed by atoms with van der Waals surface area (Å²) in [5.74, 6) is 1.34. The Morgan fingerprint density at radius 1 is 1.33 bits per heavy atom. The summed E-state index contributed by atoms with van der Waals surface area (Å²) in [5.41, 5.74) is 2.17. The van der Waals surface area contributed by atoms with Gasteiger partial charge in [-0.2, -0.15) is 0 Å². The van der Waals surface area contributed by atoms with Crippen LogP contribution in [0.1, 0.15) is 42.9 Å². The van der Waals surface area contributed by atoms with Crippen molar-refractivity contribution >= 4 is 15.9 Å². The zero-order chi connectivity index (χ0) is 11.0. The monoisotopic (exact) mass is 270 g/mol. The van der Waals surface area contributed by atoms with Crippen LogP contribution < -0.4 is 4.74 Å². The van der Waals surface area contributed by atoms with E-state index in [2.05, 4.69) is 22.9 Å². The lowest BCUT2D eigenvalue weighted by atomic mass is 9.82. The highest BCUT2D eigenvalue weighted by atomic mass is 79.9. The van der Waals surface area contributed by atoms with E-state index in [1.165, 1.54) is 0 Å². The van der Waals surface area contributed by atoms with Crippen LogP contribution >= 0.6 is 15.9 Å². The highest BCUT2D eigenvalue weighted by Crippen LogP contribution is 2.45. The van der Waals surface area contributed by atoms with Crippen LogP contribution in [0.2, 0.25) is 0 Å². The number of aliphatic hydroxyl groups is 1. The molecule has 0 fully saturated rings. The Bertz CT molecular complexity index is 376. The number of hydrogen-bond acceptors (Lipinski definition) is 2. The highest BCUT2D eigenvalue weighted by molar-refractivity contribution is 9.10. The standard InChI is InChI=1S/C12H15BrO2/c1-7-3-5-9(14)12-8(13)4-6-10(15-2)11(7)12/h4,6-7,9,14H,3,5H2,1-2H3. The van der Waals surface area contributed by atoms with Crippen molar-refractivity contribution in [2.45, 2.75) is 31.8 Å². The van der Waals surface area contributed by atoms with Gasteiger partial charge in [0, 0.05) is 15.6 Å². The number of benzene rings is 1. The molecule has 3 heteroatoms. The van der Waals surface area contributed by atoms with Crippen LogP contribution in [0.3, 0.4) is 0 Å². The first-order valence-electron chi connectivity index (χ1n) is 5.19. The summed E-state index contributed by atoms with van der Waals surface area (Å²) in [5, 5.41) is 9.99. The van der Waals surface area contributed by atoms with E-state index in [-0.39, 0.29) is 6.10 Å². The van der Waals surface area contributed by atoms with Crippen molar-refractivity contribution in [1.29, 1.82) is 0 Å². The van der Waals surface area contributed by atoms with E-state index < -0.39 is 0 Å².